The monoisotopic (exact) mass is 309 g/mol. The van der Waals surface area contributed by atoms with Crippen LogP contribution < -0.4 is 0 Å². The third kappa shape index (κ3) is 4.04. The third-order valence-electron chi connectivity index (χ3n) is 3.90. The van der Waals surface area contributed by atoms with Gasteiger partial charge in [0.15, 0.2) is 0 Å². The van der Waals surface area contributed by atoms with E-state index in [9.17, 15) is 9.59 Å². The summed E-state index contributed by atoms with van der Waals surface area (Å²) < 4.78 is 5.36. The predicted molar refractivity (Wildman–Crippen MR) is 80.0 cm³/mol. The molecule has 2 amide bonds. The summed E-state index contributed by atoms with van der Waals surface area (Å²) in [6.07, 6.45) is 0.855. The molecule has 0 bridgehead atoms. The molecule has 2 saturated heterocycles. The minimum Gasteiger partial charge on any atom is -0.444 e. The zero-order chi connectivity index (χ0) is 16.3. The molecule has 0 saturated carbocycles. The fraction of sp³-hybridized carbons (Fsp3) is 0.857. The number of amides is 2. The van der Waals surface area contributed by atoms with E-state index < -0.39 is 5.60 Å². The van der Waals surface area contributed by atoms with Gasteiger partial charge in [-0.15, -0.1) is 0 Å². The average molecular weight is 309 g/mol. The molecule has 2 aliphatic rings. The van der Waals surface area contributed by atoms with Gasteiger partial charge in [-0.3, -0.25) is 4.79 Å². The van der Waals surface area contributed by atoms with Gasteiger partial charge in [-0.05, 0) is 38.6 Å². The highest BCUT2D eigenvalue weighted by Crippen LogP contribution is 2.26. The van der Waals surface area contributed by atoms with Crippen LogP contribution in [0.25, 0.3) is 10.4 Å². The van der Waals surface area contributed by atoms with Crippen LogP contribution in [0.3, 0.4) is 0 Å². The van der Waals surface area contributed by atoms with Crippen molar-refractivity contribution >= 4 is 12.0 Å². The lowest BCUT2D eigenvalue weighted by atomic mass is 10.1. The van der Waals surface area contributed by atoms with E-state index in [4.69, 9.17) is 10.3 Å². The summed E-state index contributed by atoms with van der Waals surface area (Å²) in [5.41, 5.74) is 7.85. The molecule has 2 atom stereocenters. The molecular weight excluding hydrogens is 286 g/mol. The Balaban J connectivity index is 1.89. The second-order valence-electron chi connectivity index (χ2n) is 6.90. The highest BCUT2D eigenvalue weighted by molar-refractivity contribution is 5.79. The van der Waals surface area contributed by atoms with Crippen molar-refractivity contribution in [3.8, 4) is 0 Å². The van der Waals surface area contributed by atoms with Gasteiger partial charge in [0.05, 0.1) is 6.04 Å². The first kappa shape index (κ1) is 16.4. The lowest BCUT2D eigenvalue weighted by molar-refractivity contribution is -0.129. The molecule has 0 spiro atoms. The van der Waals surface area contributed by atoms with E-state index in [0.717, 1.165) is 6.42 Å². The minimum atomic E-state index is -0.515. The Morgan fingerprint density at radius 3 is 2.82 bits per heavy atom. The molecule has 8 heteroatoms. The molecule has 0 aromatic rings. The van der Waals surface area contributed by atoms with Crippen molar-refractivity contribution in [2.24, 2.45) is 11.0 Å². The summed E-state index contributed by atoms with van der Waals surface area (Å²) in [7, 11) is 0. The number of likely N-dealkylation sites (tertiary alicyclic amines) is 2. The van der Waals surface area contributed by atoms with E-state index in [-0.39, 0.29) is 24.0 Å². The minimum absolute atomic E-state index is 0.0380. The van der Waals surface area contributed by atoms with E-state index in [0.29, 0.717) is 32.6 Å². The number of hydrogen-bond acceptors (Lipinski definition) is 4. The maximum atomic E-state index is 12.1. The first-order chi connectivity index (χ1) is 10.3. The van der Waals surface area contributed by atoms with E-state index in [1.807, 2.05) is 25.7 Å². The Morgan fingerprint density at radius 2 is 2.18 bits per heavy atom. The number of rotatable bonds is 3. The van der Waals surface area contributed by atoms with Crippen LogP contribution in [0.15, 0.2) is 5.11 Å². The fourth-order valence-corrected chi connectivity index (χ4v) is 2.92. The Labute approximate surface area is 130 Å². The number of carbonyl (C=O) groups excluding carboxylic acids is 2. The van der Waals surface area contributed by atoms with Gasteiger partial charge in [0.2, 0.25) is 5.91 Å². The molecule has 2 unspecified atom stereocenters. The van der Waals surface area contributed by atoms with Crippen molar-refractivity contribution in [2.45, 2.75) is 45.3 Å². The fourth-order valence-electron chi connectivity index (χ4n) is 2.92. The topological polar surface area (TPSA) is 98.6 Å². The van der Waals surface area contributed by atoms with Gasteiger partial charge >= 0.3 is 6.09 Å². The van der Waals surface area contributed by atoms with Crippen molar-refractivity contribution < 1.29 is 14.3 Å². The first-order valence-corrected chi connectivity index (χ1v) is 7.58. The van der Waals surface area contributed by atoms with Crippen molar-refractivity contribution in [2.75, 3.05) is 26.2 Å². The molecule has 0 N–H and O–H groups in total. The highest BCUT2D eigenvalue weighted by Gasteiger charge is 2.39. The van der Waals surface area contributed by atoms with Crippen LogP contribution in [0.1, 0.15) is 33.6 Å². The van der Waals surface area contributed by atoms with Crippen LogP contribution in [0.4, 0.5) is 4.79 Å². The molecule has 0 aliphatic carbocycles. The van der Waals surface area contributed by atoms with Crippen molar-refractivity contribution in [1.82, 2.24) is 9.80 Å². The molecule has 0 aromatic heterocycles. The van der Waals surface area contributed by atoms with Gasteiger partial charge in [-0.25, -0.2) is 4.79 Å². The van der Waals surface area contributed by atoms with Crippen molar-refractivity contribution in [3.63, 3.8) is 0 Å². The molecular formula is C14H23N5O3. The van der Waals surface area contributed by atoms with Crippen LogP contribution in [0.5, 0.6) is 0 Å². The smallest absolute Gasteiger partial charge is 0.410 e. The summed E-state index contributed by atoms with van der Waals surface area (Å²) in [6.45, 7) is 7.57. The average Bonchev–Trinajstić information content (AvgIpc) is 3.00. The largest absolute Gasteiger partial charge is 0.444 e. The predicted octanol–water partition coefficient (Wildman–Crippen LogP) is 2.15. The van der Waals surface area contributed by atoms with Gasteiger partial charge in [0.1, 0.15) is 5.60 Å². The van der Waals surface area contributed by atoms with Gasteiger partial charge in [0, 0.05) is 37.5 Å². The molecule has 8 nitrogen and oxygen atoms in total. The molecule has 0 radical (unpaired) electrons. The first-order valence-electron chi connectivity index (χ1n) is 7.58. The van der Waals surface area contributed by atoms with Gasteiger partial charge in [0.25, 0.3) is 0 Å². The summed E-state index contributed by atoms with van der Waals surface area (Å²) in [4.78, 5) is 30.4. The zero-order valence-corrected chi connectivity index (χ0v) is 13.4. The van der Waals surface area contributed by atoms with Gasteiger partial charge in [-0.2, -0.15) is 0 Å². The van der Waals surface area contributed by atoms with Gasteiger partial charge in [-0.1, -0.05) is 5.11 Å². The quantitative estimate of drug-likeness (QED) is 0.453. The molecule has 22 heavy (non-hydrogen) atoms. The lowest BCUT2D eigenvalue weighted by Crippen LogP contribution is -2.41. The second kappa shape index (κ2) is 6.44. The molecule has 0 aromatic carbocycles. The second-order valence-corrected chi connectivity index (χ2v) is 6.90. The summed E-state index contributed by atoms with van der Waals surface area (Å²) in [6, 6.07) is 0.0380. The maximum absolute atomic E-state index is 12.1. The lowest BCUT2D eigenvalue weighted by Gasteiger charge is -2.26. The van der Waals surface area contributed by atoms with E-state index in [2.05, 4.69) is 10.0 Å². The zero-order valence-electron chi connectivity index (χ0n) is 13.4. The standard InChI is InChI=1S/C14H23N5O3/c1-14(2,3)22-13(21)18-5-4-11(9-18)19-8-10(6-12(19)20)7-16-17-15/h10-11H,4-9H2,1-3H3. The SMILES string of the molecule is CC(C)(C)OC(=O)N1CCC(N2CC(CN=[N+]=[N-])CC2=O)C1. The number of hydrogen-bond donors (Lipinski definition) is 0. The van der Waals surface area contributed by atoms with Crippen LogP contribution in [-0.2, 0) is 9.53 Å². The molecule has 2 rings (SSSR count). The number of ether oxygens (including phenoxy) is 1. The van der Waals surface area contributed by atoms with E-state index in [1.54, 1.807) is 4.90 Å². The summed E-state index contributed by atoms with van der Waals surface area (Å²) in [5.74, 6) is 0.160. The Hall–Kier alpha value is -1.95. The van der Waals surface area contributed by atoms with Crippen molar-refractivity contribution in [3.05, 3.63) is 10.4 Å². The van der Waals surface area contributed by atoms with Crippen LogP contribution >= 0.6 is 0 Å². The highest BCUT2D eigenvalue weighted by atomic mass is 16.6. The third-order valence-corrected chi connectivity index (χ3v) is 3.90. The van der Waals surface area contributed by atoms with Gasteiger partial charge < -0.3 is 14.5 Å². The number of carbonyl (C=O) groups is 2. The van der Waals surface area contributed by atoms with E-state index in [1.165, 1.54) is 0 Å². The van der Waals surface area contributed by atoms with Crippen LogP contribution in [0.2, 0.25) is 0 Å². The molecule has 122 valence electrons. The molecule has 2 heterocycles. The Bertz CT molecular complexity index is 495. The molecule has 2 aliphatic heterocycles. The van der Waals surface area contributed by atoms with E-state index >= 15 is 0 Å². The van der Waals surface area contributed by atoms with Crippen molar-refractivity contribution in [1.29, 1.82) is 0 Å². The number of azide groups is 1. The molecule has 2 fully saturated rings. The maximum Gasteiger partial charge on any atom is 0.410 e. The van der Waals surface area contributed by atoms with Crippen LogP contribution in [0, 0.1) is 5.92 Å². The van der Waals surface area contributed by atoms with Crippen LogP contribution in [-0.4, -0.2) is 59.6 Å². The summed E-state index contributed by atoms with van der Waals surface area (Å²) >= 11 is 0. The Morgan fingerprint density at radius 1 is 1.45 bits per heavy atom. The Kier molecular flexibility index (Phi) is 4.81. The number of nitrogens with zero attached hydrogens (tertiary/aromatic N) is 5. The normalized spacial score (nSPS) is 25.3. The summed E-state index contributed by atoms with van der Waals surface area (Å²) in [5, 5.41) is 3.55.